The largest absolute Gasteiger partial charge is 0.400 e. The fraction of sp³-hybridized carbons (Fsp3) is 0.667. The molecule has 14 heavy (non-hydrogen) atoms. The summed E-state index contributed by atoms with van der Waals surface area (Å²) >= 11 is 0. The highest BCUT2D eigenvalue weighted by atomic mass is 16.2. The lowest BCUT2D eigenvalue weighted by Gasteiger charge is -2.18. The molecule has 2 nitrogen and oxygen atoms in total. The Morgan fingerprint density at radius 3 is 2.21 bits per heavy atom. The number of aliphatic hydroxyl groups excluding tert-OH is 2. The van der Waals surface area contributed by atoms with Gasteiger partial charge in [-0.05, 0) is 36.5 Å². The van der Waals surface area contributed by atoms with Gasteiger partial charge in [0.2, 0.25) is 0 Å². The molecule has 0 aromatic rings. The third kappa shape index (κ3) is 1.77. The third-order valence-electron chi connectivity index (χ3n) is 3.46. The van der Waals surface area contributed by atoms with Crippen LogP contribution in [0.3, 0.4) is 0 Å². The van der Waals surface area contributed by atoms with Gasteiger partial charge in [0.1, 0.15) is 0 Å². The molecule has 2 bridgehead atoms. The van der Waals surface area contributed by atoms with E-state index < -0.39 is 0 Å². The Bertz CT molecular complexity index is 220. The minimum atomic E-state index is 0.925. The van der Waals surface area contributed by atoms with Gasteiger partial charge in [-0.1, -0.05) is 24.3 Å². The summed E-state index contributed by atoms with van der Waals surface area (Å²) in [7, 11) is 2.00. The zero-order valence-electron chi connectivity index (χ0n) is 8.93. The summed E-state index contributed by atoms with van der Waals surface area (Å²) in [6, 6.07) is 0. The van der Waals surface area contributed by atoms with Gasteiger partial charge in [0.05, 0.1) is 0 Å². The predicted octanol–water partition coefficient (Wildman–Crippen LogP) is 1.60. The second-order valence-corrected chi connectivity index (χ2v) is 3.85. The average Bonchev–Trinajstić information content (AvgIpc) is 2.97. The van der Waals surface area contributed by atoms with Crippen LogP contribution in [0.2, 0.25) is 0 Å². The molecule has 0 aromatic carbocycles. The van der Waals surface area contributed by atoms with E-state index in [2.05, 4.69) is 24.3 Å². The molecule has 4 unspecified atom stereocenters. The van der Waals surface area contributed by atoms with E-state index in [1.165, 1.54) is 12.8 Å². The predicted molar refractivity (Wildman–Crippen MR) is 57.8 cm³/mol. The van der Waals surface area contributed by atoms with Crippen molar-refractivity contribution in [2.75, 3.05) is 14.2 Å². The molecule has 3 aliphatic carbocycles. The van der Waals surface area contributed by atoms with Crippen molar-refractivity contribution in [3.63, 3.8) is 0 Å². The van der Waals surface area contributed by atoms with Crippen LogP contribution in [0, 0.1) is 23.7 Å². The molecule has 3 rings (SSSR count). The maximum absolute atomic E-state index is 7.00. The summed E-state index contributed by atoms with van der Waals surface area (Å²) < 4.78 is 0. The summed E-state index contributed by atoms with van der Waals surface area (Å²) in [6.07, 6.45) is 12.5. The maximum Gasteiger partial charge on any atom is 0.0319 e. The van der Waals surface area contributed by atoms with Crippen molar-refractivity contribution < 1.29 is 10.2 Å². The molecule has 1 saturated carbocycles. The Morgan fingerprint density at radius 1 is 0.929 bits per heavy atom. The van der Waals surface area contributed by atoms with Crippen LogP contribution in [0.25, 0.3) is 0 Å². The molecule has 0 radical (unpaired) electrons. The Balaban J connectivity index is 0.000000222. The zero-order valence-corrected chi connectivity index (χ0v) is 8.93. The van der Waals surface area contributed by atoms with E-state index in [1.54, 1.807) is 0 Å². The molecule has 4 atom stereocenters. The van der Waals surface area contributed by atoms with Crippen molar-refractivity contribution in [3.05, 3.63) is 24.3 Å². The fourth-order valence-electron chi connectivity index (χ4n) is 2.97. The monoisotopic (exact) mass is 196 g/mol. The van der Waals surface area contributed by atoms with Gasteiger partial charge in [0.15, 0.2) is 0 Å². The van der Waals surface area contributed by atoms with E-state index in [1.807, 2.05) is 0 Å². The minimum absolute atomic E-state index is 0.925. The molecule has 0 aliphatic heterocycles. The average molecular weight is 196 g/mol. The van der Waals surface area contributed by atoms with Crippen molar-refractivity contribution in [2.45, 2.75) is 12.8 Å². The van der Waals surface area contributed by atoms with E-state index in [9.17, 15) is 0 Å². The third-order valence-corrected chi connectivity index (χ3v) is 3.46. The first kappa shape index (κ1) is 11.5. The normalized spacial score (nSPS) is 39.7. The highest BCUT2D eigenvalue weighted by Gasteiger charge is 2.44. The zero-order chi connectivity index (χ0) is 10.6. The van der Waals surface area contributed by atoms with E-state index >= 15 is 0 Å². The fourth-order valence-corrected chi connectivity index (χ4v) is 2.97. The molecule has 2 N–H and O–H groups in total. The van der Waals surface area contributed by atoms with E-state index in [0.717, 1.165) is 37.9 Å². The lowest BCUT2D eigenvalue weighted by atomic mass is 9.86. The van der Waals surface area contributed by atoms with Crippen molar-refractivity contribution in [1.29, 1.82) is 0 Å². The second kappa shape index (κ2) is 5.32. The van der Waals surface area contributed by atoms with Crippen molar-refractivity contribution >= 4 is 0 Å². The molecule has 0 heterocycles. The summed E-state index contributed by atoms with van der Waals surface area (Å²) in [5.74, 6) is 3.82. The van der Waals surface area contributed by atoms with Crippen LogP contribution in [0.4, 0.5) is 0 Å². The first-order chi connectivity index (χ1) is 6.95. The number of aliphatic hydroxyl groups is 2. The van der Waals surface area contributed by atoms with E-state index in [0.29, 0.717) is 0 Å². The van der Waals surface area contributed by atoms with Crippen molar-refractivity contribution in [1.82, 2.24) is 0 Å². The molecule has 0 aromatic heterocycles. The molecule has 80 valence electrons. The maximum atomic E-state index is 7.00. The van der Waals surface area contributed by atoms with Gasteiger partial charge in [0.25, 0.3) is 0 Å². The number of hydrogen-bond donors (Lipinski definition) is 2. The molecule has 1 fully saturated rings. The minimum Gasteiger partial charge on any atom is -0.400 e. The van der Waals surface area contributed by atoms with Gasteiger partial charge >= 0.3 is 0 Å². The summed E-state index contributed by atoms with van der Waals surface area (Å²) in [5.41, 5.74) is 0. The standard InChI is InChI=1S/C10H12.2CH4O/c1-2-9-7-4-5-8(6-7)10(9)3-1;2*1-2/h1-2,4-5,7-10H,3,6H2;2*2H,1H3. The molecule has 0 saturated heterocycles. The van der Waals surface area contributed by atoms with Gasteiger partial charge in [-0.25, -0.2) is 0 Å². The number of fused-ring (bicyclic) bond motifs is 5. The molecule has 0 amide bonds. The molecular weight excluding hydrogens is 176 g/mol. The molecule has 0 spiro atoms. The van der Waals surface area contributed by atoms with Crippen LogP contribution in [0.15, 0.2) is 24.3 Å². The Kier molecular flexibility index (Phi) is 4.36. The number of hydrogen-bond acceptors (Lipinski definition) is 2. The molecule has 3 aliphatic rings. The van der Waals surface area contributed by atoms with Gasteiger partial charge < -0.3 is 10.2 Å². The number of rotatable bonds is 0. The second-order valence-electron chi connectivity index (χ2n) is 3.85. The lowest BCUT2D eigenvalue weighted by Crippen LogP contribution is -2.12. The van der Waals surface area contributed by atoms with Crippen molar-refractivity contribution in [3.8, 4) is 0 Å². The first-order valence-electron chi connectivity index (χ1n) is 5.19. The summed E-state index contributed by atoms with van der Waals surface area (Å²) in [5, 5.41) is 14.0. The lowest BCUT2D eigenvalue weighted by molar-refractivity contribution is 0.398. The van der Waals surface area contributed by atoms with Gasteiger partial charge in [-0.15, -0.1) is 0 Å². The Morgan fingerprint density at radius 2 is 1.57 bits per heavy atom. The van der Waals surface area contributed by atoms with Crippen LogP contribution >= 0.6 is 0 Å². The Hall–Kier alpha value is -0.600. The Labute approximate surface area is 86.0 Å². The van der Waals surface area contributed by atoms with Crippen LogP contribution in [-0.4, -0.2) is 24.4 Å². The number of allylic oxidation sites excluding steroid dienone is 4. The van der Waals surface area contributed by atoms with Gasteiger partial charge in [-0.3, -0.25) is 0 Å². The highest BCUT2D eigenvalue weighted by Crippen LogP contribution is 2.52. The van der Waals surface area contributed by atoms with Crippen LogP contribution in [-0.2, 0) is 0 Å². The quantitative estimate of drug-likeness (QED) is 0.578. The highest BCUT2D eigenvalue weighted by molar-refractivity contribution is 5.21. The van der Waals surface area contributed by atoms with Crippen LogP contribution in [0.1, 0.15) is 12.8 Å². The van der Waals surface area contributed by atoms with Gasteiger partial charge in [-0.2, -0.15) is 0 Å². The molecule has 2 heteroatoms. The summed E-state index contributed by atoms with van der Waals surface area (Å²) in [4.78, 5) is 0. The van der Waals surface area contributed by atoms with Crippen molar-refractivity contribution in [2.24, 2.45) is 23.7 Å². The topological polar surface area (TPSA) is 40.5 Å². The molecular formula is C12H20O2. The van der Waals surface area contributed by atoms with Gasteiger partial charge in [0, 0.05) is 14.2 Å². The van der Waals surface area contributed by atoms with Crippen LogP contribution < -0.4 is 0 Å². The smallest absolute Gasteiger partial charge is 0.0319 e. The SMILES string of the molecule is C1=CC2C3C=CC(C3)C2C1.CO.CO. The summed E-state index contributed by atoms with van der Waals surface area (Å²) in [6.45, 7) is 0. The van der Waals surface area contributed by atoms with Crippen LogP contribution in [0.5, 0.6) is 0 Å². The van der Waals surface area contributed by atoms with E-state index in [4.69, 9.17) is 10.2 Å². The van der Waals surface area contributed by atoms with E-state index in [-0.39, 0.29) is 0 Å². The first-order valence-corrected chi connectivity index (χ1v) is 5.19.